The van der Waals surface area contributed by atoms with Crippen LogP contribution in [0.15, 0.2) is 159 Å². The highest BCUT2D eigenvalue weighted by atomic mass is 31.3. The number of allylic oxidation sites excluding steroid dienone is 3. The number of ether oxygens (including phenoxy) is 5. The van der Waals surface area contributed by atoms with Crippen LogP contribution in [0.2, 0.25) is 0 Å². The predicted molar refractivity (Wildman–Crippen MR) is 341 cm³/mol. The average Bonchev–Trinajstić information content (AvgIpc) is 1.59. The van der Waals surface area contributed by atoms with Gasteiger partial charge >= 0.3 is 5.69 Å². The van der Waals surface area contributed by atoms with Crippen molar-refractivity contribution in [3.8, 4) is 17.6 Å². The van der Waals surface area contributed by atoms with Crippen LogP contribution in [0.25, 0.3) is 27.0 Å². The summed E-state index contributed by atoms with van der Waals surface area (Å²) in [6.45, 7) is 6.98. The number of aryl methyl sites for hydroxylation is 2. The van der Waals surface area contributed by atoms with Gasteiger partial charge in [0.1, 0.15) is 43.6 Å². The van der Waals surface area contributed by atoms with E-state index in [2.05, 4.69) is 173 Å². The standard InChI is InChI=1S/C63H69N13O17P2/c1-42-31-46(13-10-21-55-63(3,4)51-19-8-9-20-52(51)76(55)49-16-6-5-7-17-49)32-43(2)74(42)36-45-24-22-44(23-25-45)33-56(77)67-27-28-68-60(79)47-14-11-18-50(34-47)89-40-58(71-73-65)88-30-29-87-39-57(78)66-26-12-15-48-37-75(62(81)70-61(48)80)59-35-53(90-41-69-72-64)54(92-59)38-91-95(85,86)93-94(82,83)84/h5-11,13-14,16-25,31-32,34,37,53-54,58-59H,26-30,33,35-36,38-41H2,1-4H3,(H6-,66,67,68,70,77,78,79,80,81,82,83,84,85,86)/p-1. The molecule has 0 bridgehead atoms. The Bertz CT molecular complexity index is 4170. The summed E-state index contributed by atoms with van der Waals surface area (Å²) in [6, 6.07) is 37.6. The molecule has 1 fully saturated rings. The molecule has 6 atom stereocenters. The predicted octanol–water partition coefficient (Wildman–Crippen LogP) is 5.72. The van der Waals surface area contributed by atoms with E-state index >= 15 is 0 Å². The van der Waals surface area contributed by atoms with Gasteiger partial charge in [0.25, 0.3) is 27.1 Å². The zero-order chi connectivity index (χ0) is 68.1. The number of para-hydroxylation sites is 2. The molecule has 2 aliphatic rings. The van der Waals surface area contributed by atoms with Gasteiger partial charge in [-0.1, -0.05) is 115 Å². The fraction of sp³-hybridized carbons (Fsp3) is 0.333. The molecule has 32 heteroatoms. The lowest BCUT2D eigenvalue weighted by Gasteiger charge is -2.29. The number of aromatic amines is 1. The second-order valence-electron chi connectivity index (χ2n) is 21.9. The summed E-state index contributed by atoms with van der Waals surface area (Å²) in [4.78, 5) is 105. The van der Waals surface area contributed by atoms with Crippen molar-refractivity contribution in [2.24, 2.45) is 10.2 Å². The first-order chi connectivity index (χ1) is 45.5. The maximum Gasteiger partial charge on any atom is 0.330 e. The molecule has 6 aromatic rings. The van der Waals surface area contributed by atoms with E-state index in [0.29, 0.717) is 6.54 Å². The quantitative estimate of drug-likeness (QED) is 0.00660. The van der Waals surface area contributed by atoms with E-state index in [9.17, 15) is 42.9 Å². The molecule has 6 unspecified atom stereocenters. The number of azide groups is 2. The first kappa shape index (κ1) is 71.3. The number of nitrogens with zero attached hydrogens (tertiary/aromatic N) is 9. The molecule has 8 rings (SSSR count). The van der Waals surface area contributed by atoms with Gasteiger partial charge in [-0.05, 0) is 70.2 Å². The van der Waals surface area contributed by atoms with Gasteiger partial charge in [0.05, 0.1) is 38.9 Å². The molecule has 4 heterocycles. The summed E-state index contributed by atoms with van der Waals surface area (Å²) in [6.07, 6.45) is 2.59. The average molecular weight is 1340 g/mol. The van der Waals surface area contributed by atoms with Gasteiger partial charge in [-0.2, -0.15) is 4.57 Å². The minimum atomic E-state index is -5.76. The van der Waals surface area contributed by atoms with Crippen molar-refractivity contribution in [1.82, 2.24) is 25.5 Å². The summed E-state index contributed by atoms with van der Waals surface area (Å²) in [5.74, 6) is 4.08. The number of H-pyrrole nitrogens is 1. The number of anilines is 2. The number of rotatable bonds is 31. The molecule has 0 saturated carbocycles. The van der Waals surface area contributed by atoms with Crippen molar-refractivity contribution in [2.75, 3.05) is 64.3 Å². The molecule has 4 aromatic carbocycles. The summed E-state index contributed by atoms with van der Waals surface area (Å²) in [7, 11) is -11.4. The van der Waals surface area contributed by atoms with Crippen LogP contribution >= 0.6 is 15.6 Å². The maximum atomic E-state index is 13.1. The normalized spacial score (nSPS) is 17.4. The molecule has 95 heavy (non-hydrogen) atoms. The van der Waals surface area contributed by atoms with E-state index in [-0.39, 0.29) is 80.5 Å². The number of phosphoric acid groups is 2. The molecule has 2 aromatic heterocycles. The van der Waals surface area contributed by atoms with Crippen molar-refractivity contribution >= 4 is 50.8 Å². The van der Waals surface area contributed by atoms with E-state index in [0.717, 1.165) is 44.5 Å². The number of hydrogen-bond donors (Lipinski definition) is 5. The Balaban J connectivity index is 0.711. The molecule has 5 N–H and O–H groups in total. The van der Waals surface area contributed by atoms with Crippen molar-refractivity contribution in [2.45, 2.75) is 77.2 Å². The van der Waals surface area contributed by atoms with Gasteiger partial charge in [-0.3, -0.25) is 37.9 Å². The van der Waals surface area contributed by atoms with Gasteiger partial charge < -0.3 is 63.7 Å². The largest absolute Gasteiger partial charge is 0.756 e. The topological polar surface area (TPSA) is 412 Å². The van der Waals surface area contributed by atoms with Crippen molar-refractivity contribution in [1.29, 1.82) is 0 Å². The SMILES string of the molecule is Cc1cc(/C=C/C=C2/N(c3ccccc3)c3ccccc3C2(C)C)cc(C)[n+]1Cc1ccc(CC(=O)NCCNC(=O)c2cccc(OCC(N=[N+]=[N-])OCCOCC(=O)NCC#Cc3cn(C4CC(OCN=[N+]=[N-])C(COP(=O)([O-])OP(=O)([O-])O)O4)c(=O)[nH]c3=O)c2)cc1. The van der Waals surface area contributed by atoms with Crippen LogP contribution in [0.5, 0.6) is 5.75 Å². The Labute approximate surface area is 544 Å². The second-order valence-corrected chi connectivity index (χ2v) is 24.7. The van der Waals surface area contributed by atoms with Crippen LogP contribution < -0.4 is 51.2 Å². The van der Waals surface area contributed by atoms with Gasteiger partial charge in [-0.25, -0.2) is 9.11 Å². The van der Waals surface area contributed by atoms with E-state index < -0.39 is 83.3 Å². The molecule has 498 valence electrons. The number of aromatic nitrogens is 3. The summed E-state index contributed by atoms with van der Waals surface area (Å²) in [5, 5.41) is 14.9. The highest BCUT2D eigenvalue weighted by molar-refractivity contribution is 7.59. The number of pyridine rings is 1. The van der Waals surface area contributed by atoms with Crippen LogP contribution in [0.3, 0.4) is 0 Å². The van der Waals surface area contributed by atoms with Crippen LogP contribution in [0, 0.1) is 25.7 Å². The Kier molecular flexibility index (Phi) is 25.2. The lowest BCUT2D eigenvalue weighted by molar-refractivity contribution is -0.700. The van der Waals surface area contributed by atoms with Crippen LogP contribution in [0.1, 0.15) is 76.1 Å². The second kappa shape index (κ2) is 33.5. The summed E-state index contributed by atoms with van der Waals surface area (Å²) in [5.41, 5.74) is 25.7. The smallest absolute Gasteiger partial charge is 0.330 e. The number of fused-ring (bicyclic) bond motifs is 1. The monoisotopic (exact) mass is 1340 g/mol. The van der Waals surface area contributed by atoms with E-state index in [1.165, 1.54) is 23.0 Å². The third-order valence-electron chi connectivity index (χ3n) is 14.8. The number of carbonyl (C=O) groups is 3. The highest BCUT2D eigenvalue weighted by Crippen LogP contribution is 2.53. The molecule has 30 nitrogen and oxygen atoms in total. The fourth-order valence-electron chi connectivity index (χ4n) is 10.4. The number of phosphoric ester groups is 1. The minimum absolute atomic E-state index is 0.126. The molecular weight excluding hydrogens is 1270 g/mol. The summed E-state index contributed by atoms with van der Waals surface area (Å²) >= 11 is 0. The molecule has 3 amide bonds. The van der Waals surface area contributed by atoms with Gasteiger partial charge in [0, 0.05) is 95.1 Å². The Morgan fingerprint density at radius 3 is 2.38 bits per heavy atom. The van der Waals surface area contributed by atoms with Crippen LogP contribution in [-0.4, -0.2) is 110 Å². The molecule has 1 saturated heterocycles. The zero-order valence-electron chi connectivity index (χ0n) is 52.0. The van der Waals surface area contributed by atoms with E-state index in [1.807, 2.05) is 35.3 Å². The minimum Gasteiger partial charge on any atom is -0.756 e. The number of nitrogens with one attached hydrogen (secondary N) is 4. The van der Waals surface area contributed by atoms with E-state index in [4.69, 9.17) is 39.6 Å². The molecule has 0 radical (unpaired) electrons. The summed E-state index contributed by atoms with van der Waals surface area (Å²) < 4.78 is 61.7. The van der Waals surface area contributed by atoms with E-state index in [1.54, 1.807) is 18.2 Å². The van der Waals surface area contributed by atoms with Gasteiger partial charge in [0.2, 0.25) is 11.8 Å². The lowest BCUT2D eigenvalue weighted by atomic mass is 9.83. The van der Waals surface area contributed by atoms with Gasteiger partial charge in [-0.15, -0.1) is 0 Å². The third kappa shape index (κ3) is 20.7. The first-order valence-corrected chi connectivity index (χ1v) is 32.5. The van der Waals surface area contributed by atoms with Crippen molar-refractivity contribution in [3.63, 3.8) is 0 Å². The molecule has 0 aliphatic carbocycles. The molecule has 0 spiro atoms. The first-order valence-electron chi connectivity index (χ1n) is 29.5. The number of carbonyl (C=O) groups excluding carboxylic acids is 3. The third-order valence-corrected chi connectivity index (χ3v) is 16.9. The van der Waals surface area contributed by atoms with Crippen molar-refractivity contribution in [3.05, 3.63) is 226 Å². The lowest BCUT2D eigenvalue weighted by Crippen LogP contribution is -2.40. The number of amides is 3. The van der Waals surface area contributed by atoms with Crippen LogP contribution in [-0.2, 0) is 64.9 Å². The Morgan fingerprint density at radius 1 is 0.916 bits per heavy atom. The van der Waals surface area contributed by atoms with Crippen LogP contribution in [0.4, 0.5) is 11.4 Å². The molecule has 2 aliphatic heterocycles. The number of benzene rings is 4. The number of hydrogen-bond acceptors (Lipinski definition) is 19. The van der Waals surface area contributed by atoms with Gasteiger partial charge in [0.15, 0.2) is 24.2 Å². The fourth-order valence-corrected chi connectivity index (χ4v) is 11.9. The zero-order valence-corrected chi connectivity index (χ0v) is 53.8. The Morgan fingerprint density at radius 2 is 1.64 bits per heavy atom. The maximum absolute atomic E-state index is 13.1. The Hall–Kier alpha value is -9.52. The van der Waals surface area contributed by atoms with Crippen molar-refractivity contribution < 1.29 is 75.3 Å². The molecular formula is C63H68N13O17P2-. The highest BCUT2D eigenvalue weighted by Gasteiger charge is 2.41.